The molecule has 1 saturated heterocycles. The molecule has 1 spiro atoms. The van der Waals surface area contributed by atoms with Gasteiger partial charge in [0, 0.05) is 24.4 Å². The van der Waals surface area contributed by atoms with Crippen molar-refractivity contribution >= 4 is 0 Å². The third kappa shape index (κ3) is 2.38. The van der Waals surface area contributed by atoms with Crippen LogP contribution >= 0.6 is 0 Å². The fourth-order valence-electron chi connectivity index (χ4n) is 4.34. The molecule has 3 N–H and O–H groups in total. The van der Waals surface area contributed by atoms with Gasteiger partial charge >= 0.3 is 0 Å². The average Bonchev–Trinajstić information content (AvgIpc) is 2.81. The summed E-state index contributed by atoms with van der Waals surface area (Å²) in [7, 11) is 0. The molecule has 120 valence electrons. The van der Waals surface area contributed by atoms with Crippen LogP contribution in [0.1, 0.15) is 35.6 Å². The maximum absolute atomic E-state index is 10.8. The maximum atomic E-state index is 10.8. The molecule has 4 heteroatoms. The number of rotatable bonds is 2. The first kappa shape index (κ1) is 14.8. The second kappa shape index (κ2) is 5.71. The van der Waals surface area contributed by atoms with Gasteiger partial charge in [0.25, 0.3) is 0 Å². The molecule has 0 bridgehead atoms. The number of benzene rings is 1. The lowest BCUT2D eigenvalue weighted by molar-refractivity contribution is 0.0271. The maximum Gasteiger partial charge on any atom is 0.0830 e. The Morgan fingerprint density at radius 2 is 1.96 bits per heavy atom. The van der Waals surface area contributed by atoms with Gasteiger partial charge in [-0.25, -0.2) is 0 Å². The highest BCUT2D eigenvalue weighted by Gasteiger charge is 2.51. The molecule has 0 saturated carbocycles. The molecule has 2 heterocycles. The van der Waals surface area contributed by atoms with E-state index in [1.165, 1.54) is 11.1 Å². The van der Waals surface area contributed by atoms with Crippen molar-refractivity contribution in [2.24, 2.45) is 5.73 Å². The van der Waals surface area contributed by atoms with Gasteiger partial charge in [-0.3, -0.25) is 9.88 Å². The minimum atomic E-state index is -0.472. The summed E-state index contributed by atoms with van der Waals surface area (Å²) < 4.78 is 0. The number of hydrogen-bond acceptors (Lipinski definition) is 4. The van der Waals surface area contributed by atoms with Crippen molar-refractivity contribution in [3.63, 3.8) is 0 Å². The average molecular weight is 309 g/mol. The molecule has 1 fully saturated rings. The van der Waals surface area contributed by atoms with Crippen molar-refractivity contribution in [3.8, 4) is 0 Å². The summed E-state index contributed by atoms with van der Waals surface area (Å²) in [6, 6.07) is 12.2. The van der Waals surface area contributed by atoms with Crippen molar-refractivity contribution in [1.82, 2.24) is 9.88 Å². The van der Waals surface area contributed by atoms with E-state index in [0.29, 0.717) is 0 Å². The molecular weight excluding hydrogens is 286 g/mol. The molecule has 23 heavy (non-hydrogen) atoms. The molecular formula is C19H23N3O. The number of nitrogens with two attached hydrogens (primary N) is 1. The number of fused-ring (bicyclic) bond motifs is 2. The van der Waals surface area contributed by atoms with Crippen LogP contribution < -0.4 is 5.73 Å². The third-order valence-electron chi connectivity index (χ3n) is 5.64. The molecule has 1 aliphatic heterocycles. The summed E-state index contributed by atoms with van der Waals surface area (Å²) in [5.41, 5.74) is 9.75. The summed E-state index contributed by atoms with van der Waals surface area (Å²) in [5.74, 6) is 0. The number of aliphatic hydroxyl groups excluding tert-OH is 1. The van der Waals surface area contributed by atoms with Crippen LogP contribution in [0.4, 0.5) is 0 Å². The molecule has 2 atom stereocenters. The first-order valence-electron chi connectivity index (χ1n) is 8.35. The number of aromatic nitrogens is 1. The Hall–Kier alpha value is -1.75. The minimum Gasteiger partial charge on any atom is -0.390 e. The van der Waals surface area contributed by atoms with E-state index < -0.39 is 6.10 Å². The highest BCUT2D eigenvalue weighted by molar-refractivity contribution is 5.45. The van der Waals surface area contributed by atoms with Crippen LogP contribution in [0, 0.1) is 0 Å². The second-order valence-corrected chi connectivity index (χ2v) is 6.85. The Bertz CT molecular complexity index is 680. The fraction of sp³-hybridized carbons (Fsp3) is 0.421. The number of likely N-dealkylation sites (tertiary alicyclic amines) is 1. The minimum absolute atomic E-state index is 0.165. The first-order chi connectivity index (χ1) is 11.2. The molecule has 1 aliphatic carbocycles. The van der Waals surface area contributed by atoms with Gasteiger partial charge in [-0.05, 0) is 48.7 Å². The van der Waals surface area contributed by atoms with Gasteiger partial charge in [0.05, 0.1) is 12.1 Å². The van der Waals surface area contributed by atoms with E-state index in [0.717, 1.165) is 38.0 Å². The topological polar surface area (TPSA) is 62.4 Å². The second-order valence-electron chi connectivity index (χ2n) is 6.85. The van der Waals surface area contributed by atoms with E-state index in [1.54, 1.807) is 0 Å². The fourth-order valence-corrected chi connectivity index (χ4v) is 4.34. The monoisotopic (exact) mass is 309 g/mol. The molecule has 0 unspecified atom stereocenters. The van der Waals surface area contributed by atoms with Gasteiger partial charge in [-0.2, -0.15) is 0 Å². The Morgan fingerprint density at radius 1 is 1.17 bits per heavy atom. The van der Waals surface area contributed by atoms with E-state index in [9.17, 15) is 5.11 Å². The van der Waals surface area contributed by atoms with Crippen molar-refractivity contribution in [3.05, 3.63) is 65.5 Å². The van der Waals surface area contributed by atoms with E-state index in [4.69, 9.17) is 5.73 Å². The Morgan fingerprint density at radius 3 is 2.70 bits per heavy atom. The summed E-state index contributed by atoms with van der Waals surface area (Å²) in [6.45, 7) is 2.88. The van der Waals surface area contributed by atoms with E-state index >= 15 is 0 Å². The van der Waals surface area contributed by atoms with Crippen LogP contribution in [0.15, 0.2) is 48.8 Å². The first-order valence-corrected chi connectivity index (χ1v) is 8.35. The Kier molecular flexibility index (Phi) is 3.68. The number of nitrogens with zero attached hydrogens (tertiary/aromatic N) is 2. The van der Waals surface area contributed by atoms with Crippen LogP contribution in [0.2, 0.25) is 0 Å². The van der Waals surface area contributed by atoms with Crippen LogP contribution in [0.5, 0.6) is 0 Å². The zero-order valence-corrected chi connectivity index (χ0v) is 13.2. The van der Waals surface area contributed by atoms with Gasteiger partial charge < -0.3 is 10.8 Å². The van der Waals surface area contributed by atoms with Crippen molar-refractivity contribution in [2.75, 3.05) is 13.1 Å². The molecule has 2 aliphatic rings. The summed E-state index contributed by atoms with van der Waals surface area (Å²) in [6.07, 6.45) is 5.18. The van der Waals surface area contributed by atoms with Crippen LogP contribution in [-0.4, -0.2) is 34.2 Å². The van der Waals surface area contributed by atoms with Crippen LogP contribution in [-0.2, 0) is 12.0 Å². The van der Waals surface area contributed by atoms with E-state index in [1.807, 2.05) is 24.5 Å². The normalized spacial score (nSPS) is 26.3. The lowest BCUT2D eigenvalue weighted by atomic mass is 9.72. The van der Waals surface area contributed by atoms with Crippen molar-refractivity contribution < 1.29 is 5.11 Å². The third-order valence-corrected chi connectivity index (χ3v) is 5.64. The quantitative estimate of drug-likeness (QED) is 0.890. The van der Waals surface area contributed by atoms with Crippen LogP contribution in [0.25, 0.3) is 0 Å². The molecule has 1 aromatic heterocycles. The Labute approximate surface area is 137 Å². The van der Waals surface area contributed by atoms with Gasteiger partial charge in [0.1, 0.15) is 0 Å². The van der Waals surface area contributed by atoms with E-state index in [-0.39, 0.29) is 11.5 Å². The zero-order valence-electron chi connectivity index (χ0n) is 13.2. The van der Waals surface area contributed by atoms with Crippen LogP contribution in [0.3, 0.4) is 0 Å². The molecule has 1 aromatic carbocycles. The smallest absolute Gasteiger partial charge is 0.0830 e. The highest BCUT2D eigenvalue weighted by atomic mass is 16.3. The molecule has 0 radical (unpaired) electrons. The molecule has 4 nitrogen and oxygen atoms in total. The predicted molar refractivity (Wildman–Crippen MR) is 89.8 cm³/mol. The van der Waals surface area contributed by atoms with Gasteiger partial charge in [0.15, 0.2) is 0 Å². The summed E-state index contributed by atoms with van der Waals surface area (Å²) >= 11 is 0. The van der Waals surface area contributed by atoms with Gasteiger partial charge in [0.2, 0.25) is 0 Å². The number of pyridine rings is 1. The predicted octanol–water partition coefficient (Wildman–Crippen LogP) is 1.99. The highest BCUT2D eigenvalue weighted by Crippen LogP contribution is 2.50. The lowest BCUT2D eigenvalue weighted by Gasteiger charge is -2.42. The van der Waals surface area contributed by atoms with Crippen molar-refractivity contribution in [2.45, 2.75) is 36.9 Å². The summed E-state index contributed by atoms with van der Waals surface area (Å²) in [4.78, 5) is 6.64. The largest absolute Gasteiger partial charge is 0.390 e. The van der Waals surface area contributed by atoms with E-state index in [2.05, 4.69) is 34.1 Å². The molecule has 4 rings (SSSR count). The zero-order chi connectivity index (χ0) is 15.9. The SMILES string of the molecule is N[C@H]1c2ccccc2C2(CCN(Cc3cccnc3)CC2)[C@@H]1O. The Balaban J connectivity index is 1.53. The van der Waals surface area contributed by atoms with Gasteiger partial charge in [-0.15, -0.1) is 0 Å². The number of aliphatic hydroxyl groups is 1. The molecule has 0 amide bonds. The van der Waals surface area contributed by atoms with Crippen molar-refractivity contribution in [1.29, 1.82) is 0 Å². The summed E-state index contributed by atoms with van der Waals surface area (Å²) in [5, 5.41) is 10.8. The number of piperidine rings is 1. The lowest BCUT2D eigenvalue weighted by Crippen LogP contribution is -2.48. The number of hydrogen-bond donors (Lipinski definition) is 2. The van der Waals surface area contributed by atoms with Gasteiger partial charge in [-0.1, -0.05) is 30.3 Å². The molecule has 2 aromatic rings. The standard InChI is InChI=1S/C19H23N3O/c20-17-15-5-1-2-6-16(15)19(18(17)23)7-10-22(11-8-19)13-14-4-3-9-21-12-14/h1-6,9,12,17-18,23H,7-8,10-11,13,20H2/t17-,18+/m0/s1.